The third-order valence-electron chi connectivity index (χ3n) is 5.39. The Labute approximate surface area is 202 Å². The van der Waals surface area contributed by atoms with Crippen LogP contribution >= 0.6 is 0 Å². The van der Waals surface area contributed by atoms with Gasteiger partial charge in [0, 0.05) is 13.1 Å². The standard InChI is InChI=1S/C25H35N3O5S/c1-6-14-26-25(30)23(7-2)27(17-20-11-9-13-22(16-20)33-4)24(29)18-28(34(5,31)32)21-12-8-10-19(3)15-21/h8-13,15-16,23H,6-7,14,17-18H2,1-5H3,(H,26,30)/t23-/m1/s1. The van der Waals surface area contributed by atoms with Gasteiger partial charge in [-0.15, -0.1) is 0 Å². The van der Waals surface area contributed by atoms with Gasteiger partial charge in [0.2, 0.25) is 21.8 Å². The highest BCUT2D eigenvalue weighted by Gasteiger charge is 2.31. The predicted molar refractivity (Wildman–Crippen MR) is 134 cm³/mol. The molecule has 0 saturated carbocycles. The summed E-state index contributed by atoms with van der Waals surface area (Å²) in [7, 11) is -2.19. The van der Waals surface area contributed by atoms with E-state index in [9.17, 15) is 18.0 Å². The molecule has 2 amide bonds. The molecular weight excluding hydrogens is 454 g/mol. The predicted octanol–water partition coefficient (Wildman–Crippen LogP) is 3.10. The number of sulfonamides is 1. The van der Waals surface area contributed by atoms with Gasteiger partial charge in [0.05, 0.1) is 19.1 Å². The third kappa shape index (κ3) is 7.48. The number of anilines is 1. The Balaban J connectivity index is 2.43. The molecule has 0 spiro atoms. The summed E-state index contributed by atoms with van der Waals surface area (Å²) in [5.41, 5.74) is 2.05. The van der Waals surface area contributed by atoms with Crippen LogP contribution in [0.3, 0.4) is 0 Å². The van der Waals surface area contributed by atoms with Crippen molar-refractivity contribution in [2.45, 2.75) is 46.2 Å². The Bertz CT molecular complexity index is 1090. The maximum absolute atomic E-state index is 13.6. The van der Waals surface area contributed by atoms with E-state index in [1.807, 2.05) is 39.0 Å². The van der Waals surface area contributed by atoms with Crippen LogP contribution in [0.15, 0.2) is 48.5 Å². The van der Waals surface area contributed by atoms with E-state index >= 15 is 0 Å². The normalized spacial score (nSPS) is 12.0. The van der Waals surface area contributed by atoms with Gasteiger partial charge in [0.1, 0.15) is 18.3 Å². The van der Waals surface area contributed by atoms with Crippen LogP contribution in [0, 0.1) is 6.92 Å². The van der Waals surface area contributed by atoms with Crippen molar-refractivity contribution in [2.75, 3.05) is 30.8 Å². The molecule has 0 aliphatic heterocycles. The van der Waals surface area contributed by atoms with Crippen molar-refractivity contribution in [2.24, 2.45) is 0 Å². The van der Waals surface area contributed by atoms with Gasteiger partial charge in [-0.05, 0) is 55.2 Å². The molecule has 0 aliphatic carbocycles. The van der Waals surface area contributed by atoms with E-state index in [1.165, 1.54) is 4.90 Å². The van der Waals surface area contributed by atoms with Gasteiger partial charge in [-0.2, -0.15) is 0 Å². The topological polar surface area (TPSA) is 96.0 Å². The number of benzene rings is 2. The van der Waals surface area contributed by atoms with Crippen molar-refractivity contribution in [1.29, 1.82) is 0 Å². The number of amides is 2. The van der Waals surface area contributed by atoms with Crippen LogP contribution < -0.4 is 14.4 Å². The molecule has 186 valence electrons. The van der Waals surface area contributed by atoms with Crippen molar-refractivity contribution in [3.8, 4) is 5.75 Å². The highest BCUT2D eigenvalue weighted by atomic mass is 32.2. The molecule has 0 bridgehead atoms. The number of aryl methyl sites for hydroxylation is 1. The molecule has 1 N–H and O–H groups in total. The Morgan fingerprint density at radius 1 is 1.09 bits per heavy atom. The average Bonchev–Trinajstić information content (AvgIpc) is 2.80. The first-order chi connectivity index (χ1) is 16.1. The first-order valence-electron chi connectivity index (χ1n) is 11.3. The molecule has 0 aliphatic rings. The van der Waals surface area contributed by atoms with Gasteiger partial charge >= 0.3 is 0 Å². The van der Waals surface area contributed by atoms with E-state index in [1.54, 1.807) is 37.4 Å². The molecule has 0 aromatic heterocycles. The number of nitrogens with zero attached hydrogens (tertiary/aromatic N) is 2. The smallest absolute Gasteiger partial charge is 0.244 e. The first-order valence-corrected chi connectivity index (χ1v) is 13.2. The third-order valence-corrected chi connectivity index (χ3v) is 6.53. The van der Waals surface area contributed by atoms with Crippen LogP contribution in [-0.4, -0.2) is 57.6 Å². The van der Waals surface area contributed by atoms with Crippen LogP contribution in [0.5, 0.6) is 5.75 Å². The Morgan fingerprint density at radius 2 is 1.79 bits per heavy atom. The molecule has 0 fully saturated rings. The van der Waals surface area contributed by atoms with Crippen LogP contribution in [0.2, 0.25) is 0 Å². The molecule has 2 aromatic rings. The van der Waals surface area contributed by atoms with E-state index in [2.05, 4.69) is 5.32 Å². The number of carbonyl (C=O) groups excluding carboxylic acids is 2. The molecule has 2 aromatic carbocycles. The second-order valence-electron chi connectivity index (χ2n) is 8.20. The van der Waals surface area contributed by atoms with Gasteiger partial charge in [0.15, 0.2) is 0 Å². The molecule has 8 nitrogen and oxygen atoms in total. The zero-order chi connectivity index (χ0) is 25.3. The quantitative estimate of drug-likeness (QED) is 0.494. The SMILES string of the molecule is CCCNC(=O)[C@@H](CC)N(Cc1cccc(OC)c1)C(=O)CN(c1cccc(C)c1)S(C)(=O)=O. The second-order valence-corrected chi connectivity index (χ2v) is 10.1. The van der Waals surface area contributed by atoms with E-state index < -0.39 is 28.5 Å². The van der Waals surface area contributed by atoms with Crippen molar-refractivity contribution >= 4 is 27.5 Å². The molecule has 0 unspecified atom stereocenters. The van der Waals surface area contributed by atoms with Crippen molar-refractivity contribution in [1.82, 2.24) is 10.2 Å². The molecule has 0 saturated heterocycles. The minimum absolute atomic E-state index is 0.138. The largest absolute Gasteiger partial charge is 0.497 e. The van der Waals surface area contributed by atoms with Crippen molar-refractivity contribution < 1.29 is 22.7 Å². The number of carbonyl (C=O) groups is 2. The van der Waals surface area contributed by atoms with E-state index in [-0.39, 0.29) is 12.5 Å². The van der Waals surface area contributed by atoms with Crippen LogP contribution in [0.25, 0.3) is 0 Å². The maximum atomic E-state index is 13.6. The zero-order valence-corrected chi connectivity index (χ0v) is 21.4. The Kier molecular flexibility index (Phi) is 9.92. The lowest BCUT2D eigenvalue weighted by molar-refractivity contribution is -0.140. The lowest BCUT2D eigenvalue weighted by atomic mass is 10.1. The van der Waals surface area contributed by atoms with E-state index in [4.69, 9.17) is 4.74 Å². The molecule has 9 heteroatoms. The highest BCUT2D eigenvalue weighted by Crippen LogP contribution is 2.21. The minimum Gasteiger partial charge on any atom is -0.497 e. The second kappa shape index (κ2) is 12.4. The Hall–Kier alpha value is -3.07. The number of methoxy groups -OCH3 is 1. The van der Waals surface area contributed by atoms with Gasteiger partial charge < -0.3 is 15.0 Å². The summed E-state index contributed by atoms with van der Waals surface area (Å²) in [5, 5.41) is 2.86. The fraction of sp³-hybridized carbons (Fsp3) is 0.440. The molecule has 0 heterocycles. The summed E-state index contributed by atoms with van der Waals surface area (Å²) in [5.74, 6) is -0.0961. The van der Waals surface area contributed by atoms with Crippen molar-refractivity contribution in [3.05, 3.63) is 59.7 Å². The van der Waals surface area contributed by atoms with Crippen molar-refractivity contribution in [3.63, 3.8) is 0 Å². The summed E-state index contributed by atoms with van der Waals surface area (Å²) in [6, 6.07) is 13.5. The van der Waals surface area contributed by atoms with E-state index in [0.717, 1.165) is 28.1 Å². The maximum Gasteiger partial charge on any atom is 0.244 e. The summed E-state index contributed by atoms with van der Waals surface area (Å²) < 4.78 is 31.6. The lowest BCUT2D eigenvalue weighted by Gasteiger charge is -2.33. The van der Waals surface area contributed by atoms with Crippen LogP contribution in [-0.2, 0) is 26.2 Å². The fourth-order valence-electron chi connectivity index (χ4n) is 3.65. The minimum atomic E-state index is -3.75. The summed E-state index contributed by atoms with van der Waals surface area (Å²) in [6.07, 6.45) is 2.22. The number of hydrogen-bond acceptors (Lipinski definition) is 5. The number of hydrogen-bond donors (Lipinski definition) is 1. The van der Waals surface area contributed by atoms with Crippen LogP contribution in [0.4, 0.5) is 5.69 Å². The summed E-state index contributed by atoms with van der Waals surface area (Å²) >= 11 is 0. The van der Waals surface area contributed by atoms with Gasteiger partial charge in [-0.3, -0.25) is 13.9 Å². The lowest BCUT2D eigenvalue weighted by Crippen LogP contribution is -2.52. The van der Waals surface area contributed by atoms with Crippen LogP contribution in [0.1, 0.15) is 37.8 Å². The van der Waals surface area contributed by atoms with Gasteiger partial charge in [-0.25, -0.2) is 8.42 Å². The number of ether oxygens (including phenoxy) is 1. The first kappa shape index (κ1) is 27.2. The number of rotatable bonds is 12. The summed E-state index contributed by atoms with van der Waals surface area (Å²) in [4.78, 5) is 28.0. The molecule has 2 rings (SSSR count). The monoisotopic (exact) mass is 489 g/mol. The molecule has 1 atom stereocenters. The van der Waals surface area contributed by atoms with Gasteiger partial charge in [-0.1, -0.05) is 38.1 Å². The molecule has 34 heavy (non-hydrogen) atoms. The average molecular weight is 490 g/mol. The Morgan fingerprint density at radius 3 is 2.38 bits per heavy atom. The molecular formula is C25H35N3O5S. The fourth-order valence-corrected chi connectivity index (χ4v) is 4.49. The molecule has 0 radical (unpaired) electrons. The number of nitrogens with one attached hydrogen (secondary N) is 1. The highest BCUT2D eigenvalue weighted by molar-refractivity contribution is 7.92. The summed E-state index contributed by atoms with van der Waals surface area (Å²) in [6.45, 7) is 5.85. The van der Waals surface area contributed by atoms with E-state index in [0.29, 0.717) is 24.4 Å². The zero-order valence-electron chi connectivity index (χ0n) is 20.6. The van der Waals surface area contributed by atoms with Gasteiger partial charge in [0.25, 0.3) is 0 Å².